The van der Waals surface area contributed by atoms with Crippen LogP contribution >= 0.6 is 0 Å². The van der Waals surface area contributed by atoms with Crippen molar-refractivity contribution in [2.24, 2.45) is 5.14 Å². The van der Waals surface area contributed by atoms with Crippen molar-refractivity contribution in [3.05, 3.63) is 18.2 Å². The van der Waals surface area contributed by atoms with Gasteiger partial charge in [-0.15, -0.1) is 0 Å². The summed E-state index contributed by atoms with van der Waals surface area (Å²) in [7, 11) is -1.65. The zero-order valence-electron chi connectivity index (χ0n) is 12.1. The average molecular weight is 298 g/mol. The Kier molecular flexibility index (Phi) is 3.95. The van der Waals surface area contributed by atoms with Crippen molar-refractivity contribution in [3.63, 3.8) is 0 Å². The molecule has 7 heteroatoms. The maximum absolute atomic E-state index is 11.4. The number of anilines is 2. The first-order valence-electron chi connectivity index (χ1n) is 6.59. The van der Waals surface area contributed by atoms with Gasteiger partial charge in [0.1, 0.15) is 4.90 Å². The van der Waals surface area contributed by atoms with Crippen molar-refractivity contribution in [1.82, 2.24) is 4.90 Å². The third-order valence-corrected chi connectivity index (χ3v) is 5.01. The van der Waals surface area contributed by atoms with Crippen molar-refractivity contribution in [2.75, 3.05) is 30.8 Å². The van der Waals surface area contributed by atoms with E-state index in [2.05, 4.69) is 30.7 Å². The third-order valence-electron chi connectivity index (χ3n) is 4.02. The van der Waals surface area contributed by atoms with Crippen molar-refractivity contribution < 1.29 is 8.42 Å². The van der Waals surface area contributed by atoms with E-state index in [1.54, 1.807) is 12.1 Å². The summed E-state index contributed by atoms with van der Waals surface area (Å²) in [6, 6.07) is 5.79. The van der Waals surface area contributed by atoms with E-state index < -0.39 is 10.0 Å². The van der Waals surface area contributed by atoms with Crippen molar-refractivity contribution in [1.29, 1.82) is 0 Å². The molecule has 1 fully saturated rings. The predicted molar refractivity (Wildman–Crippen MR) is 81.1 cm³/mol. The lowest BCUT2D eigenvalue weighted by Crippen LogP contribution is -2.55. The van der Waals surface area contributed by atoms with Gasteiger partial charge in [0.15, 0.2) is 0 Å². The molecule has 1 aliphatic rings. The van der Waals surface area contributed by atoms with Crippen LogP contribution in [-0.4, -0.2) is 45.5 Å². The smallest absolute Gasteiger partial charge is 0.240 e. The molecule has 0 aromatic heterocycles. The Balaban J connectivity index is 2.29. The Morgan fingerprint density at radius 2 is 1.75 bits per heavy atom. The van der Waals surface area contributed by atoms with Gasteiger partial charge in [-0.1, -0.05) is 0 Å². The molecular formula is C13H22N4O2S. The lowest BCUT2D eigenvalue weighted by atomic mass is 10.1. The fourth-order valence-electron chi connectivity index (χ4n) is 2.61. The number of likely N-dealkylation sites (N-methyl/N-ethyl adjacent to an activating group) is 1. The zero-order chi connectivity index (χ0) is 15.1. The first-order chi connectivity index (χ1) is 9.20. The molecule has 1 saturated heterocycles. The fraction of sp³-hybridized carbons (Fsp3) is 0.538. The van der Waals surface area contributed by atoms with Crippen LogP contribution < -0.4 is 15.8 Å². The monoisotopic (exact) mass is 298 g/mol. The summed E-state index contributed by atoms with van der Waals surface area (Å²) in [4.78, 5) is 4.54. The number of piperazine rings is 1. The van der Waals surface area contributed by atoms with Crippen molar-refractivity contribution >= 4 is 21.4 Å². The number of hydrogen-bond acceptors (Lipinski definition) is 5. The summed E-state index contributed by atoms with van der Waals surface area (Å²) in [5.41, 5.74) is 6.95. The van der Waals surface area contributed by atoms with Crippen LogP contribution in [0.15, 0.2) is 23.1 Å². The maximum atomic E-state index is 11.4. The Bertz CT molecular complexity index is 590. The summed E-state index contributed by atoms with van der Waals surface area (Å²) >= 11 is 0. The van der Waals surface area contributed by atoms with E-state index in [9.17, 15) is 8.42 Å². The summed E-state index contributed by atoms with van der Waals surface area (Å²) in [6.07, 6.45) is 0. The predicted octanol–water partition coefficient (Wildman–Crippen LogP) is 0.445. The van der Waals surface area contributed by atoms with Crippen molar-refractivity contribution in [2.45, 2.75) is 30.8 Å². The largest absolute Gasteiger partial charge is 0.398 e. The molecule has 2 atom stereocenters. The number of hydrogen-bond donors (Lipinski definition) is 2. The number of nitrogens with two attached hydrogens (primary N) is 2. The first-order valence-corrected chi connectivity index (χ1v) is 8.14. The molecule has 1 aliphatic heterocycles. The van der Waals surface area contributed by atoms with Gasteiger partial charge < -0.3 is 10.6 Å². The van der Waals surface area contributed by atoms with Gasteiger partial charge in [-0.25, -0.2) is 13.6 Å². The molecular weight excluding hydrogens is 276 g/mol. The van der Waals surface area contributed by atoms with Crippen LogP contribution in [0.1, 0.15) is 13.8 Å². The highest BCUT2D eigenvalue weighted by Gasteiger charge is 2.27. The summed E-state index contributed by atoms with van der Waals surface area (Å²) < 4.78 is 22.7. The van der Waals surface area contributed by atoms with E-state index in [0.717, 1.165) is 18.8 Å². The van der Waals surface area contributed by atoms with Gasteiger partial charge in [0.05, 0.1) is 5.69 Å². The molecule has 1 heterocycles. The minimum absolute atomic E-state index is 0.0172. The number of nitrogen functional groups attached to an aromatic ring is 1. The minimum atomic E-state index is -3.76. The Morgan fingerprint density at radius 1 is 1.20 bits per heavy atom. The van der Waals surface area contributed by atoms with Crippen LogP contribution in [0.4, 0.5) is 11.4 Å². The Morgan fingerprint density at radius 3 is 2.20 bits per heavy atom. The maximum Gasteiger partial charge on any atom is 0.240 e. The molecule has 2 rings (SSSR count). The van der Waals surface area contributed by atoms with E-state index in [1.165, 1.54) is 6.07 Å². The van der Waals surface area contributed by atoms with Crippen LogP contribution in [0, 0.1) is 0 Å². The number of benzene rings is 1. The standard InChI is InChI=1S/C13H22N4O2S/c1-9-7-17(8-10(2)16(9)3)11-4-5-13(12(14)6-11)20(15,18)19/h4-6,9-10H,7-8,14H2,1-3H3,(H2,15,18,19). The molecule has 0 radical (unpaired) electrons. The molecule has 2 unspecified atom stereocenters. The normalized spacial score (nSPS) is 24.9. The molecule has 4 N–H and O–H groups in total. The number of primary sulfonamides is 1. The first kappa shape index (κ1) is 15.1. The van der Waals surface area contributed by atoms with Gasteiger partial charge in [-0.3, -0.25) is 4.90 Å². The molecule has 0 aliphatic carbocycles. The minimum Gasteiger partial charge on any atom is -0.398 e. The molecule has 1 aromatic carbocycles. The second-order valence-corrected chi connectivity index (χ2v) is 7.07. The van der Waals surface area contributed by atoms with Crippen LogP contribution in [0.3, 0.4) is 0 Å². The number of rotatable bonds is 2. The van der Waals surface area contributed by atoms with E-state index in [0.29, 0.717) is 12.1 Å². The van der Waals surface area contributed by atoms with Crippen LogP contribution in [-0.2, 0) is 10.0 Å². The number of sulfonamides is 1. The van der Waals surface area contributed by atoms with Gasteiger partial charge >= 0.3 is 0 Å². The molecule has 20 heavy (non-hydrogen) atoms. The quantitative estimate of drug-likeness (QED) is 0.773. The summed E-state index contributed by atoms with van der Waals surface area (Å²) in [5.74, 6) is 0. The molecule has 112 valence electrons. The molecule has 6 nitrogen and oxygen atoms in total. The lowest BCUT2D eigenvalue weighted by Gasteiger charge is -2.43. The van der Waals surface area contributed by atoms with E-state index in [1.807, 2.05) is 0 Å². The third kappa shape index (κ3) is 2.89. The lowest BCUT2D eigenvalue weighted by molar-refractivity contribution is 0.170. The highest BCUT2D eigenvalue weighted by Crippen LogP contribution is 2.27. The molecule has 1 aromatic rings. The fourth-order valence-corrected chi connectivity index (χ4v) is 3.25. The van der Waals surface area contributed by atoms with Gasteiger partial charge in [-0.05, 0) is 39.1 Å². The SMILES string of the molecule is CC1CN(c2ccc(S(N)(=O)=O)c(N)c2)CC(C)N1C. The van der Waals surface area contributed by atoms with E-state index >= 15 is 0 Å². The molecule has 0 bridgehead atoms. The van der Waals surface area contributed by atoms with Gasteiger partial charge in [0.2, 0.25) is 10.0 Å². The average Bonchev–Trinajstić information content (AvgIpc) is 2.33. The topological polar surface area (TPSA) is 92.7 Å². The van der Waals surface area contributed by atoms with E-state index in [4.69, 9.17) is 10.9 Å². The van der Waals surface area contributed by atoms with E-state index in [-0.39, 0.29) is 10.6 Å². The molecule has 0 saturated carbocycles. The molecule has 0 spiro atoms. The van der Waals surface area contributed by atoms with Gasteiger partial charge in [0.25, 0.3) is 0 Å². The van der Waals surface area contributed by atoms with Gasteiger partial charge in [0, 0.05) is 30.9 Å². The highest BCUT2D eigenvalue weighted by atomic mass is 32.2. The molecule has 0 amide bonds. The van der Waals surface area contributed by atoms with Crippen LogP contribution in [0.2, 0.25) is 0 Å². The second kappa shape index (κ2) is 5.23. The Labute approximate surface area is 120 Å². The summed E-state index contributed by atoms with van der Waals surface area (Å²) in [5, 5.41) is 5.12. The number of nitrogens with zero attached hydrogens (tertiary/aromatic N) is 2. The van der Waals surface area contributed by atoms with Gasteiger partial charge in [-0.2, -0.15) is 0 Å². The van der Waals surface area contributed by atoms with Crippen molar-refractivity contribution in [3.8, 4) is 0 Å². The Hall–Kier alpha value is -1.31. The van der Waals surface area contributed by atoms with Crippen LogP contribution in [0.5, 0.6) is 0 Å². The summed E-state index contributed by atoms with van der Waals surface area (Å²) in [6.45, 7) is 6.11. The highest BCUT2D eigenvalue weighted by molar-refractivity contribution is 7.89. The second-order valence-electron chi connectivity index (χ2n) is 5.54. The van der Waals surface area contributed by atoms with Crippen LogP contribution in [0.25, 0.3) is 0 Å². The zero-order valence-corrected chi connectivity index (χ0v) is 12.9.